The predicted molar refractivity (Wildman–Crippen MR) is 47.0 cm³/mol. The molecule has 4 nitrogen and oxygen atoms in total. The van der Waals surface area contributed by atoms with Crippen LogP contribution in [-0.2, 0) is 9.47 Å². The Kier molecular flexibility index (Phi) is 2.28. The van der Waals surface area contributed by atoms with Gasteiger partial charge in [-0.15, -0.1) is 0 Å². The molecule has 14 heavy (non-hydrogen) atoms. The molecule has 0 unspecified atom stereocenters. The number of carbonyl (C=O) groups is 2. The van der Waals surface area contributed by atoms with Crippen LogP contribution in [0.25, 0.3) is 0 Å². The minimum Gasteiger partial charge on any atom is -0.386 e. The molecular formula is C10H8O4. The molecule has 0 amide bonds. The summed E-state index contributed by atoms with van der Waals surface area (Å²) in [6.45, 7) is 2.00. The van der Waals surface area contributed by atoms with Gasteiger partial charge in [0.25, 0.3) is 0 Å². The molecule has 0 bridgehead atoms. The lowest BCUT2D eigenvalue weighted by atomic mass is 10.1. The highest BCUT2D eigenvalue weighted by Gasteiger charge is 2.28. The van der Waals surface area contributed by atoms with Crippen molar-refractivity contribution in [2.75, 3.05) is 13.2 Å². The number of hydrogen-bond acceptors (Lipinski definition) is 4. The summed E-state index contributed by atoms with van der Waals surface area (Å²) in [4.78, 5) is 21.7. The summed E-state index contributed by atoms with van der Waals surface area (Å²) in [5.74, 6) is -1.10. The van der Waals surface area contributed by atoms with Crippen molar-refractivity contribution in [2.45, 2.75) is 0 Å². The lowest BCUT2D eigenvalue weighted by Crippen LogP contribution is -1.96. The van der Waals surface area contributed by atoms with E-state index in [9.17, 15) is 9.59 Å². The zero-order valence-electron chi connectivity index (χ0n) is 7.36. The van der Waals surface area contributed by atoms with Gasteiger partial charge in [0.15, 0.2) is 0 Å². The first-order chi connectivity index (χ1) is 6.79. The van der Waals surface area contributed by atoms with Crippen LogP contribution >= 0.6 is 0 Å². The Balaban J connectivity index is 0.000000214. The van der Waals surface area contributed by atoms with Gasteiger partial charge in [-0.2, -0.15) is 0 Å². The highest BCUT2D eigenvalue weighted by atomic mass is 16.6. The van der Waals surface area contributed by atoms with Gasteiger partial charge >= 0.3 is 11.9 Å². The minimum atomic E-state index is -0.550. The number of benzene rings is 1. The second kappa shape index (κ2) is 3.59. The molecule has 1 aromatic rings. The molecule has 0 aromatic heterocycles. The molecule has 72 valence electrons. The van der Waals surface area contributed by atoms with E-state index in [2.05, 4.69) is 9.47 Å². The highest BCUT2D eigenvalue weighted by molar-refractivity contribution is 6.14. The molecule has 0 aliphatic carbocycles. The number of rotatable bonds is 0. The molecule has 0 saturated carbocycles. The van der Waals surface area contributed by atoms with Crippen LogP contribution in [0, 0.1) is 0 Å². The SMILES string of the molecule is C1CO1.O=C1OC(=O)c2ccccc21. The van der Waals surface area contributed by atoms with Gasteiger partial charge in [0.05, 0.1) is 24.3 Å². The third-order valence-corrected chi connectivity index (χ3v) is 1.76. The smallest absolute Gasteiger partial charge is 0.346 e. The fourth-order valence-corrected chi connectivity index (χ4v) is 1.03. The molecule has 4 heteroatoms. The van der Waals surface area contributed by atoms with Crippen LogP contribution in [0.15, 0.2) is 24.3 Å². The van der Waals surface area contributed by atoms with E-state index in [1.807, 2.05) is 0 Å². The number of cyclic esters (lactones) is 2. The van der Waals surface area contributed by atoms with Crippen LogP contribution in [-0.4, -0.2) is 25.2 Å². The van der Waals surface area contributed by atoms with Gasteiger partial charge in [0.2, 0.25) is 0 Å². The minimum absolute atomic E-state index is 0.359. The largest absolute Gasteiger partial charge is 0.386 e. The molecular weight excluding hydrogens is 184 g/mol. The Hall–Kier alpha value is -1.68. The zero-order chi connectivity index (χ0) is 9.97. The maximum Gasteiger partial charge on any atom is 0.346 e. The molecule has 1 fully saturated rings. The van der Waals surface area contributed by atoms with Gasteiger partial charge in [0, 0.05) is 0 Å². The molecule has 0 spiro atoms. The molecule has 3 rings (SSSR count). The summed E-state index contributed by atoms with van der Waals surface area (Å²) in [7, 11) is 0. The second-order valence-electron chi connectivity index (χ2n) is 2.83. The molecule has 0 N–H and O–H groups in total. The van der Waals surface area contributed by atoms with E-state index in [-0.39, 0.29) is 0 Å². The van der Waals surface area contributed by atoms with Gasteiger partial charge in [-0.25, -0.2) is 9.59 Å². The maximum absolute atomic E-state index is 10.8. The monoisotopic (exact) mass is 192 g/mol. The van der Waals surface area contributed by atoms with Crippen molar-refractivity contribution in [1.82, 2.24) is 0 Å². The van der Waals surface area contributed by atoms with Crippen molar-refractivity contribution in [3.05, 3.63) is 35.4 Å². The number of epoxide rings is 1. The fraction of sp³-hybridized carbons (Fsp3) is 0.200. The molecule has 2 aliphatic rings. The van der Waals surface area contributed by atoms with E-state index in [1.54, 1.807) is 24.3 Å². The quantitative estimate of drug-likeness (QED) is 0.350. The Morgan fingerprint density at radius 2 is 1.36 bits per heavy atom. The Labute approximate surface area is 80.4 Å². The number of carbonyl (C=O) groups excluding carboxylic acids is 2. The number of esters is 2. The van der Waals surface area contributed by atoms with Crippen LogP contribution in [0.2, 0.25) is 0 Å². The lowest BCUT2D eigenvalue weighted by Gasteiger charge is -1.86. The molecule has 2 aliphatic heterocycles. The maximum atomic E-state index is 10.8. The van der Waals surface area contributed by atoms with Crippen molar-refractivity contribution in [2.24, 2.45) is 0 Å². The molecule has 0 atom stereocenters. The summed E-state index contributed by atoms with van der Waals surface area (Å²) >= 11 is 0. The van der Waals surface area contributed by atoms with Gasteiger partial charge in [-0.3, -0.25) is 0 Å². The van der Waals surface area contributed by atoms with E-state index in [0.29, 0.717) is 11.1 Å². The van der Waals surface area contributed by atoms with Crippen LogP contribution in [0.4, 0.5) is 0 Å². The summed E-state index contributed by atoms with van der Waals surface area (Å²) in [6, 6.07) is 6.53. The summed E-state index contributed by atoms with van der Waals surface area (Å²) < 4.78 is 8.85. The molecule has 1 aromatic carbocycles. The topological polar surface area (TPSA) is 55.9 Å². The number of hydrogen-bond donors (Lipinski definition) is 0. The van der Waals surface area contributed by atoms with Gasteiger partial charge < -0.3 is 9.47 Å². The highest BCUT2D eigenvalue weighted by Crippen LogP contribution is 2.18. The first kappa shape index (κ1) is 8.90. The zero-order valence-corrected chi connectivity index (χ0v) is 7.36. The van der Waals surface area contributed by atoms with E-state index < -0.39 is 11.9 Å². The van der Waals surface area contributed by atoms with Crippen LogP contribution in [0.5, 0.6) is 0 Å². The van der Waals surface area contributed by atoms with E-state index in [0.717, 1.165) is 13.2 Å². The third kappa shape index (κ3) is 1.80. The number of fused-ring (bicyclic) bond motifs is 1. The predicted octanol–water partition coefficient (Wildman–Crippen LogP) is 1.01. The standard InChI is InChI=1S/C8H4O3.C2H4O/c9-7-5-3-1-2-4-6(5)8(10)11-7;1-2-3-1/h1-4H;1-2H2. The van der Waals surface area contributed by atoms with Crippen molar-refractivity contribution in [3.8, 4) is 0 Å². The first-order valence-electron chi connectivity index (χ1n) is 4.22. The molecule has 2 heterocycles. The van der Waals surface area contributed by atoms with Gasteiger partial charge in [-0.1, -0.05) is 12.1 Å². The summed E-state index contributed by atoms with van der Waals surface area (Å²) in [6.07, 6.45) is 0. The summed E-state index contributed by atoms with van der Waals surface area (Å²) in [5, 5.41) is 0. The second-order valence-corrected chi connectivity index (χ2v) is 2.83. The van der Waals surface area contributed by atoms with E-state index in [1.165, 1.54) is 0 Å². The third-order valence-electron chi connectivity index (χ3n) is 1.76. The average molecular weight is 192 g/mol. The molecule has 1 saturated heterocycles. The fourth-order valence-electron chi connectivity index (χ4n) is 1.03. The van der Waals surface area contributed by atoms with E-state index in [4.69, 9.17) is 0 Å². The normalized spacial score (nSPS) is 16.6. The average Bonchev–Trinajstić information content (AvgIpc) is 3.02. The molecule has 0 radical (unpaired) electrons. The summed E-state index contributed by atoms with van der Waals surface area (Å²) in [5.41, 5.74) is 0.718. The first-order valence-corrected chi connectivity index (χ1v) is 4.22. The van der Waals surface area contributed by atoms with Crippen LogP contribution in [0.3, 0.4) is 0 Å². The van der Waals surface area contributed by atoms with Crippen molar-refractivity contribution < 1.29 is 19.1 Å². The van der Waals surface area contributed by atoms with Gasteiger partial charge in [-0.05, 0) is 12.1 Å². The Morgan fingerprint density at radius 1 is 0.929 bits per heavy atom. The lowest BCUT2D eigenvalue weighted by molar-refractivity contribution is 0.0444. The Morgan fingerprint density at radius 3 is 1.71 bits per heavy atom. The van der Waals surface area contributed by atoms with Gasteiger partial charge in [0.1, 0.15) is 0 Å². The van der Waals surface area contributed by atoms with E-state index >= 15 is 0 Å². The number of ether oxygens (including phenoxy) is 2. The van der Waals surface area contributed by atoms with Crippen molar-refractivity contribution in [1.29, 1.82) is 0 Å². The van der Waals surface area contributed by atoms with Crippen LogP contribution in [0.1, 0.15) is 20.7 Å². The van der Waals surface area contributed by atoms with Crippen molar-refractivity contribution >= 4 is 11.9 Å². The van der Waals surface area contributed by atoms with Crippen LogP contribution < -0.4 is 0 Å². The van der Waals surface area contributed by atoms with Crippen molar-refractivity contribution in [3.63, 3.8) is 0 Å². The Bertz CT molecular complexity index is 346.